The van der Waals surface area contributed by atoms with Crippen LogP contribution in [-0.2, 0) is 0 Å². The molecule has 0 N–H and O–H groups in total. The van der Waals surface area contributed by atoms with Crippen molar-refractivity contribution in [3.8, 4) is 84.6 Å². The SMILES string of the molecule is Cc1ccc(-c2ccc3c(c2)c2cc(-c4ccc(C)cc4)ccc2n3-c2ccc3c(c2)c2cc(-n4c5ccc(-c6ccc(C)cc6)cc5c5cc(-c6ccc(C)cc6)ccc54)ccc2n3-c2nc(-c3cccc(C)c3)nc(-c3cccc(C)c3)n2)cc1. The molecule has 87 heavy (non-hydrogen) atoms. The Morgan fingerprint density at radius 2 is 0.483 bits per heavy atom. The lowest BCUT2D eigenvalue weighted by Gasteiger charge is -2.12. The van der Waals surface area contributed by atoms with Gasteiger partial charge in [-0.2, -0.15) is 9.97 Å². The highest BCUT2D eigenvalue weighted by Crippen LogP contribution is 2.43. The lowest BCUT2D eigenvalue weighted by Crippen LogP contribution is -2.06. The van der Waals surface area contributed by atoms with Crippen molar-refractivity contribution in [2.45, 2.75) is 41.5 Å². The van der Waals surface area contributed by atoms with Crippen LogP contribution in [0, 0.1) is 41.5 Å². The van der Waals surface area contributed by atoms with Crippen LogP contribution in [0.2, 0.25) is 0 Å². The molecule has 414 valence electrons. The molecule has 0 saturated carbocycles. The lowest BCUT2D eigenvalue weighted by atomic mass is 9.99. The summed E-state index contributed by atoms with van der Waals surface area (Å²) in [6.45, 7) is 12.8. The molecule has 0 saturated heterocycles. The molecule has 0 aliphatic rings. The molecule has 0 amide bonds. The van der Waals surface area contributed by atoms with E-state index in [0.717, 1.165) is 77.5 Å². The molecule has 0 spiro atoms. The number of rotatable bonds is 9. The fraction of sp³-hybridized carbons (Fsp3) is 0.0741. The molecule has 16 rings (SSSR count). The first kappa shape index (κ1) is 51.7. The first-order chi connectivity index (χ1) is 42.5. The molecule has 0 aliphatic carbocycles. The Morgan fingerprint density at radius 3 is 0.793 bits per heavy atom. The molecule has 0 radical (unpaired) electrons. The van der Waals surface area contributed by atoms with E-state index in [1.54, 1.807) is 0 Å². The molecule has 16 aromatic rings. The first-order valence-electron chi connectivity index (χ1n) is 30.0. The van der Waals surface area contributed by atoms with Crippen molar-refractivity contribution < 1.29 is 0 Å². The van der Waals surface area contributed by atoms with E-state index in [-0.39, 0.29) is 0 Å². The van der Waals surface area contributed by atoms with Crippen LogP contribution in [-0.4, -0.2) is 28.7 Å². The topological polar surface area (TPSA) is 53.5 Å². The third-order valence-corrected chi connectivity index (χ3v) is 17.7. The maximum atomic E-state index is 5.43. The van der Waals surface area contributed by atoms with Gasteiger partial charge in [-0.1, -0.05) is 191 Å². The predicted molar refractivity (Wildman–Crippen MR) is 364 cm³/mol. The van der Waals surface area contributed by atoms with Gasteiger partial charge in [0.25, 0.3) is 0 Å². The van der Waals surface area contributed by atoms with E-state index in [1.807, 2.05) is 0 Å². The fourth-order valence-electron chi connectivity index (χ4n) is 13.1. The monoisotopic (exact) mass is 1120 g/mol. The molecule has 0 unspecified atom stereocenters. The highest BCUT2D eigenvalue weighted by atomic mass is 15.2. The second kappa shape index (κ2) is 20.4. The van der Waals surface area contributed by atoms with Crippen molar-refractivity contribution in [1.29, 1.82) is 0 Å². The van der Waals surface area contributed by atoms with Gasteiger partial charge >= 0.3 is 0 Å². The van der Waals surface area contributed by atoms with Gasteiger partial charge in [-0.3, -0.25) is 4.57 Å². The first-order valence-corrected chi connectivity index (χ1v) is 30.0. The average Bonchev–Trinajstić information content (AvgIpc) is 1.69. The van der Waals surface area contributed by atoms with Crippen LogP contribution < -0.4 is 0 Å². The zero-order valence-corrected chi connectivity index (χ0v) is 49.4. The summed E-state index contributed by atoms with van der Waals surface area (Å²) >= 11 is 0. The molecule has 0 bridgehead atoms. The Morgan fingerprint density at radius 1 is 0.207 bits per heavy atom. The number of benzene rings is 12. The number of aryl methyl sites for hydroxylation is 6. The molecule has 0 aliphatic heterocycles. The van der Waals surface area contributed by atoms with Gasteiger partial charge in [0.05, 0.1) is 33.1 Å². The van der Waals surface area contributed by atoms with E-state index in [9.17, 15) is 0 Å². The van der Waals surface area contributed by atoms with E-state index in [1.165, 1.54) is 88.3 Å². The third kappa shape index (κ3) is 8.99. The van der Waals surface area contributed by atoms with E-state index in [2.05, 4.69) is 310 Å². The van der Waals surface area contributed by atoms with Crippen LogP contribution in [0.1, 0.15) is 33.4 Å². The quantitative estimate of drug-likeness (QED) is 0.145. The van der Waals surface area contributed by atoms with E-state index in [0.29, 0.717) is 17.6 Å². The number of hydrogen-bond acceptors (Lipinski definition) is 3. The molecule has 12 aromatic carbocycles. The second-order valence-electron chi connectivity index (χ2n) is 23.8. The minimum Gasteiger partial charge on any atom is -0.309 e. The van der Waals surface area contributed by atoms with E-state index in [4.69, 9.17) is 15.0 Å². The van der Waals surface area contributed by atoms with Crippen molar-refractivity contribution in [1.82, 2.24) is 28.7 Å². The second-order valence-corrected chi connectivity index (χ2v) is 23.8. The van der Waals surface area contributed by atoms with Gasteiger partial charge in [-0.25, -0.2) is 4.98 Å². The molecular weight excluding hydrogens is 1060 g/mol. The Kier molecular flexibility index (Phi) is 12.1. The van der Waals surface area contributed by atoms with E-state index < -0.39 is 0 Å². The molecule has 0 fully saturated rings. The molecule has 4 aromatic heterocycles. The van der Waals surface area contributed by atoms with Crippen molar-refractivity contribution in [3.63, 3.8) is 0 Å². The highest BCUT2D eigenvalue weighted by molar-refractivity contribution is 6.15. The van der Waals surface area contributed by atoms with Gasteiger partial charge in [0.1, 0.15) is 0 Å². The van der Waals surface area contributed by atoms with Crippen LogP contribution in [0.3, 0.4) is 0 Å². The zero-order valence-electron chi connectivity index (χ0n) is 49.4. The molecule has 0 atom stereocenters. The van der Waals surface area contributed by atoms with Gasteiger partial charge in [0.2, 0.25) is 5.95 Å². The van der Waals surface area contributed by atoms with E-state index >= 15 is 0 Å². The summed E-state index contributed by atoms with van der Waals surface area (Å²) in [6, 6.07) is 94.0. The molecule has 6 nitrogen and oxygen atoms in total. The van der Waals surface area contributed by atoms with Crippen molar-refractivity contribution in [2.24, 2.45) is 0 Å². The third-order valence-electron chi connectivity index (χ3n) is 17.7. The predicted octanol–water partition coefficient (Wildman–Crippen LogP) is 21.0. The normalized spacial score (nSPS) is 11.8. The molecular formula is C81H60N6. The summed E-state index contributed by atoms with van der Waals surface area (Å²) < 4.78 is 7.15. The van der Waals surface area contributed by atoms with Crippen molar-refractivity contribution >= 4 is 65.4 Å². The maximum Gasteiger partial charge on any atom is 0.238 e. The Labute approximate surface area is 505 Å². The summed E-state index contributed by atoms with van der Waals surface area (Å²) in [7, 11) is 0. The average molecular weight is 1120 g/mol. The van der Waals surface area contributed by atoms with Crippen LogP contribution in [0.4, 0.5) is 0 Å². The number of nitrogens with zero attached hydrogens (tertiary/aromatic N) is 6. The zero-order chi connectivity index (χ0) is 58.6. The van der Waals surface area contributed by atoms with Crippen molar-refractivity contribution in [2.75, 3.05) is 0 Å². The van der Waals surface area contributed by atoms with Gasteiger partial charge in [0, 0.05) is 54.8 Å². The molecule has 6 heteroatoms. The van der Waals surface area contributed by atoms with Gasteiger partial charge < -0.3 is 9.13 Å². The largest absolute Gasteiger partial charge is 0.309 e. The molecule has 4 heterocycles. The Hall–Kier alpha value is -11.0. The van der Waals surface area contributed by atoms with Crippen molar-refractivity contribution in [3.05, 3.63) is 288 Å². The van der Waals surface area contributed by atoms with Crippen LogP contribution in [0.15, 0.2) is 255 Å². The summed E-state index contributed by atoms with van der Waals surface area (Å²) in [5.41, 5.74) is 27.2. The minimum atomic E-state index is 0.548. The van der Waals surface area contributed by atoms with Crippen LogP contribution in [0.25, 0.3) is 150 Å². The van der Waals surface area contributed by atoms with Crippen LogP contribution in [0.5, 0.6) is 0 Å². The summed E-state index contributed by atoms with van der Waals surface area (Å²) in [4.78, 5) is 16.1. The Balaban J connectivity index is 0.963. The van der Waals surface area contributed by atoms with Gasteiger partial charge in [-0.15, -0.1) is 0 Å². The number of fused-ring (bicyclic) bond motifs is 9. The number of hydrogen-bond donors (Lipinski definition) is 0. The fourth-order valence-corrected chi connectivity index (χ4v) is 13.1. The minimum absolute atomic E-state index is 0.548. The van der Waals surface area contributed by atoms with Crippen LogP contribution >= 0.6 is 0 Å². The maximum absolute atomic E-state index is 5.43. The lowest BCUT2D eigenvalue weighted by molar-refractivity contribution is 0.952. The number of aromatic nitrogens is 6. The summed E-state index contributed by atoms with van der Waals surface area (Å²) in [5, 5.41) is 6.93. The standard InChI is InChI=1S/C81H60N6/c1-49-13-21-55(22-14-49)59-29-35-73-67(43-59)68-44-60(56-23-15-50(2)16-24-56)30-36-74(68)85(73)65-33-39-77-71(47-65)72-48-66(34-40-78(72)87(77)81-83-79(63-11-7-9-53(5)41-63)82-80(84-81)64-12-8-10-54(6)42-64)86-75-37-31-61(57-25-17-51(3)18-26-57)45-69(75)70-46-62(32-38-76(70)86)58-27-19-52(4)20-28-58/h7-48H,1-6H3. The summed E-state index contributed by atoms with van der Waals surface area (Å²) in [5.74, 6) is 1.78. The van der Waals surface area contributed by atoms with Gasteiger partial charge in [0.15, 0.2) is 11.6 Å². The highest BCUT2D eigenvalue weighted by Gasteiger charge is 2.23. The Bertz CT molecular complexity index is 4890. The smallest absolute Gasteiger partial charge is 0.238 e. The summed E-state index contributed by atoms with van der Waals surface area (Å²) in [6.07, 6.45) is 0. The van der Waals surface area contributed by atoms with Gasteiger partial charge in [-0.05, 0) is 183 Å².